The number of hydrogen-bond donors (Lipinski definition) is 1. The van der Waals surface area contributed by atoms with Gasteiger partial charge < -0.3 is 14.6 Å². The van der Waals surface area contributed by atoms with Crippen molar-refractivity contribution >= 4 is 22.7 Å². The van der Waals surface area contributed by atoms with Gasteiger partial charge in [0.2, 0.25) is 11.8 Å². The third kappa shape index (κ3) is 4.08. The fourth-order valence-corrected chi connectivity index (χ4v) is 3.73. The molecule has 14 heteroatoms. The maximum atomic E-state index is 13.6. The Morgan fingerprint density at radius 2 is 1.94 bits per heavy atom. The predicted molar refractivity (Wildman–Crippen MR) is 125 cm³/mol. The first kappa shape index (κ1) is 22.9. The van der Waals surface area contributed by atoms with Gasteiger partial charge in [-0.1, -0.05) is 12.1 Å². The van der Waals surface area contributed by atoms with E-state index in [4.69, 9.17) is 4.74 Å². The fraction of sp³-hybridized carbons (Fsp3) is 0.227. The van der Waals surface area contributed by atoms with Gasteiger partial charge in [-0.3, -0.25) is 18.7 Å². The van der Waals surface area contributed by atoms with Crippen LogP contribution in [0.1, 0.15) is 0 Å². The van der Waals surface area contributed by atoms with E-state index < -0.39 is 17.1 Å². The minimum atomic E-state index is -0.533. The summed E-state index contributed by atoms with van der Waals surface area (Å²) in [5.74, 6) is -0.149. The molecule has 0 atom stereocenters. The van der Waals surface area contributed by atoms with E-state index in [0.29, 0.717) is 17.0 Å². The molecule has 4 heterocycles. The van der Waals surface area contributed by atoms with Gasteiger partial charge in [-0.2, -0.15) is 4.52 Å². The topological polar surface area (TPSA) is 143 Å². The minimum absolute atomic E-state index is 0.114. The molecule has 13 nitrogen and oxygen atoms in total. The number of carbonyl (C=O) groups excluding carboxylic acids is 1. The molecule has 0 unspecified atom stereocenters. The number of rotatable bonds is 7. The molecule has 4 aromatic heterocycles. The second-order valence-electron chi connectivity index (χ2n) is 7.92. The van der Waals surface area contributed by atoms with Gasteiger partial charge in [0.25, 0.3) is 5.56 Å². The normalized spacial score (nSPS) is 11.3. The zero-order valence-corrected chi connectivity index (χ0v) is 19.3. The molecule has 5 rings (SSSR count). The lowest BCUT2D eigenvalue weighted by Crippen LogP contribution is -2.38. The lowest BCUT2D eigenvalue weighted by molar-refractivity contribution is -0.121. The first-order chi connectivity index (χ1) is 17.3. The summed E-state index contributed by atoms with van der Waals surface area (Å²) in [6.07, 6.45) is 1.34. The van der Waals surface area contributed by atoms with Crippen LogP contribution < -0.4 is 21.3 Å². The van der Waals surface area contributed by atoms with Crippen molar-refractivity contribution in [3.05, 3.63) is 69.4 Å². The Morgan fingerprint density at radius 3 is 2.75 bits per heavy atom. The van der Waals surface area contributed by atoms with E-state index in [1.54, 1.807) is 24.3 Å². The van der Waals surface area contributed by atoms with Crippen LogP contribution in [0, 0.1) is 5.82 Å². The lowest BCUT2D eigenvalue weighted by Gasteiger charge is -2.09. The summed E-state index contributed by atoms with van der Waals surface area (Å²) in [6.45, 7) is 0.120. The van der Waals surface area contributed by atoms with Crippen molar-refractivity contribution in [1.82, 2.24) is 43.8 Å². The van der Waals surface area contributed by atoms with E-state index in [-0.39, 0.29) is 42.6 Å². The Morgan fingerprint density at radius 1 is 1.11 bits per heavy atom. The summed E-state index contributed by atoms with van der Waals surface area (Å²) < 4.78 is 24.3. The number of aromatic nitrogens is 8. The van der Waals surface area contributed by atoms with Gasteiger partial charge in [0.1, 0.15) is 19.0 Å². The molecule has 0 aliphatic heterocycles. The highest BCUT2D eigenvalue weighted by Crippen LogP contribution is 2.19. The second kappa shape index (κ2) is 9.05. The summed E-state index contributed by atoms with van der Waals surface area (Å²) >= 11 is 0. The van der Waals surface area contributed by atoms with Crippen LogP contribution in [0.4, 0.5) is 4.39 Å². The number of imidazole rings is 1. The van der Waals surface area contributed by atoms with E-state index in [1.165, 1.54) is 46.2 Å². The third-order valence-electron chi connectivity index (χ3n) is 5.53. The maximum Gasteiger partial charge on any atom is 0.332 e. The Balaban J connectivity index is 1.22. The number of nitrogens with one attached hydrogen (secondary N) is 1. The summed E-state index contributed by atoms with van der Waals surface area (Å²) in [4.78, 5) is 41.0. The largest absolute Gasteiger partial charge is 0.475 e. The first-order valence-corrected chi connectivity index (χ1v) is 10.8. The van der Waals surface area contributed by atoms with E-state index >= 15 is 0 Å². The van der Waals surface area contributed by atoms with Crippen LogP contribution in [0.25, 0.3) is 28.2 Å². The van der Waals surface area contributed by atoms with Gasteiger partial charge in [-0.25, -0.2) is 14.2 Å². The van der Waals surface area contributed by atoms with Gasteiger partial charge in [0.15, 0.2) is 22.6 Å². The van der Waals surface area contributed by atoms with E-state index in [9.17, 15) is 18.8 Å². The molecule has 1 amide bonds. The van der Waals surface area contributed by atoms with Crippen LogP contribution >= 0.6 is 0 Å². The quantitative estimate of drug-likeness (QED) is 0.309. The average molecular weight is 493 g/mol. The van der Waals surface area contributed by atoms with Crippen molar-refractivity contribution in [1.29, 1.82) is 0 Å². The van der Waals surface area contributed by atoms with Crippen LogP contribution in [-0.4, -0.2) is 57.6 Å². The predicted octanol–water partition coefficient (Wildman–Crippen LogP) is -0.127. The molecule has 0 saturated heterocycles. The van der Waals surface area contributed by atoms with Crippen LogP contribution in [0.15, 0.2) is 52.3 Å². The molecule has 0 saturated carbocycles. The molecule has 184 valence electrons. The minimum Gasteiger partial charge on any atom is -0.475 e. The van der Waals surface area contributed by atoms with Crippen molar-refractivity contribution in [2.24, 2.45) is 14.1 Å². The number of nitrogens with zero attached hydrogens (tertiary/aromatic N) is 8. The standard InChI is InChI=1S/C22H20FN9O4/c1-29-20-18(21(34)30(2)22(29)35)31(12-25-20)11-16(33)24-8-9-36-17-7-6-15-26-27-19(32(15)28-17)13-4-3-5-14(23)10-13/h3-7,10,12H,8-9,11H2,1-2H3,(H,24,33). The van der Waals surface area contributed by atoms with Crippen molar-refractivity contribution in [2.45, 2.75) is 6.54 Å². The van der Waals surface area contributed by atoms with Gasteiger partial charge in [0, 0.05) is 25.7 Å². The van der Waals surface area contributed by atoms with Crippen LogP contribution in [0.2, 0.25) is 0 Å². The maximum absolute atomic E-state index is 13.6. The van der Waals surface area contributed by atoms with Crippen molar-refractivity contribution in [2.75, 3.05) is 13.2 Å². The Bertz CT molecular complexity index is 1730. The molecule has 0 aliphatic rings. The fourth-order valence-electron chi connectivity index (χ4n) is 3.73. The number of ether oxygens (including phenoxy) is 1. The molecular weight excluding hydrogens is 473 g/mol. The van der Waals surface area contributed by atoms with Gasteiger partial charge in [-0.15, -0.1) is 15.3 Å². The van der Waals surface area contributed by atoms with Crippen molar-refractivity contribution in [3.8, 4) is 17.3 Å². The van der Waals surface area contributed by atoms with E-state index in [2.05, 4.69) is 25.6 Å². The molecular formula is C22H20FN9O4. The number of amides is 1. The second-order valence-corrected chi connectivity index (χ2v) is 7.92. The molecule has 0 aliphatic carbocycles. The third-order valence-corrected chi connectivity index (χ3v) is 5.53. The van der Waals surface area contributed by atoms with Gasteiger partial charge in [0.05, 0.1) is 12.9 Å². The SMILES string of the molecule is Cn1c(=O)c2c(ncn2CC(=O)NCCOc2ccc3nnc(-c4cccc(F)c4)n3n2)n(C)c1=O. The molecule has 0 spiro atoms. The Labute approximate surface area is 201 Å². The Kier molecular flexibility index (Phi) is 5.76. The van der Waals surface area contributed by atoms with Crippen molar-refractivity contribution < 1.29 is 13.9 Å². The zero-order valence-electron chi connectivity index (χ0n) is 19.3. The van der Waals surface area contributed by atoms with Crippen LogP contribution in [0.3, 0.4) is 0 Å². The number of halogens is 1. The van der Waals surface area contributed by atoms with Gasteiger partial charge >= 0.3 is 5.69 Å². The van der Waals surface area contributed by atoms with Gasteiger partial charge in [-0.05, 0) is 18.2 Å². The highest BCUT2D eigenvalue weighted by atomic mass is 19.1. The smallest absolute Gasteiger partial charge is 0.332 e. The highest BCUT2D eigenvalue weighted by molar-refractivity contribution is 5.78. The number of fused-ring (bicyclic) bond motifs is 2. The van der Waals surface area contributed by atoms with E-state index in [1.807, 2.05) is 0 Å². The zero-order chi connectivity index (χ0) is 25.4. The monoisotopic (exact) mass is 493 g/mol. The molecule has 0 radical (unpaired) electrons. The average Bonchev–Trinajstić information content (AvgIpc) is 3.48. The number of aryl methyl sites for hydroxylation is 1. The summed E-state index contributed by atoms with van der Waals surface area (Å²) in [5.41, 5.74) is 0.307. The number of benzene rings is 1. The molecule has 5 aromatic rings. The molecule has 1 N–H and O–H groups in total. The molecule has 0 fully saturated rings. The Hall–Kier alpha value is -4.88. The number of hydrogen-bond acceptors (Lipinski definition) is 8. The van der Waals surface area contributed by atoms with E-state index in [0.717, 1.165) is 4.57 Å². The summed E-state index contributed by atoms with van der Waals surface area (Å²) in [7, 11) is 2.87. The number of carbonyl (C=O) groups is 1. The summed E-state index contributed by atoms with van der Waals surface area (Å²) in [5, 5.41) is 15.1. The van der Waals surface area contributed by atoms with Crippen LogP contribution in [-0.2, 0) is 25.4 Å². The van der Waals surface area contributed by atoms with Crippen molar-refractivity contribution in [3.63, 3.8) is 0 Å². The highest BCUT2D eigenvalue weighted by Gasteiger charge is 2.16. The molecule has 36 heavy (non-hydrogen) atoms. The van der Waals surface area contributed by atoms with Crippen LogP contribution in [0.5, 0.6) is 5.88 Å². The molecule has 1 aromatic carbocycles. The first-order valence-electron chi connectivity index (χ1n) is 10.8. The summed E-state index contributed by atoms with van der Waals surface area (Å²) in [6, 6.07) is 9.21. The lowest BCUT2D eigenvalue weighted by atomic mass is 10.2. The molecule has 0 bridgehead atoms.